The Kier molecular flexibility index (Phi) is 4.85. The molecule has 0 bridgehead atoms. The second-order valence-electron chi connectivity index (χ2n) is 8.49. The van der Waals surface area contributed by atoms with E-state index in [0.717, 1.165) is 28.1 Å². The number of aromatic nitrogens is 3. The van der Waals surface area contributed by atoms with Gasteiger partial charge in [-0.05, 0) is 37.8 Å². The molecular formula is C23H25N5O4. The number of ether oxygens (including phenoxy) is 1. The predicted molar refractivity (Wildman–Crippen MR) is 115 cm³/mol. The number of anilines is 1. The topological polar surface area (TPSA) is 93.7 Å². The number of urea groups is 1. The lowest BCUT2D eigenvalue weighted by molar-refractivity contribution is -0.120. The highest BCUT2D eigenvalue weighted by Crippen LogP contribution is 2.49. The average Bonchev–Trinajstić information content (AvgIpc) is 3.30. The zero-order valence-electron chi connectivity index (χ0n) is 18.4. The third kappa shape index (κ3) is 3.29. The normalized spacial score (nSPS) is 17.1. The van der Waals surface area contributed by atoms with Crippen molar-refractivity contribution in [3.8, 4) is 0 Å². The van der Waals surface area contributed by atoms with Gasteiger partial charge < -0.3 is 14.2 Å². The Morgan fingerprint density at radius 3 is 2.62 bits per heavy atom. The number of amides is 3. The Morgan fingerprint density at radius 2 is 1.94 bits per heavy atom. The number of imide groups is 1. The van der Waals surface area contributed by atoms with E-state index in [0.29, 0.717) is 38.2 Å². The van der Waals surface area contributed by atoms with Crippen LogP contribution < -0.4 is 4.90 Å². The Labute approximate surface area is 185 Å². The van der Waals surface area contributed by atoms with Crippen LogP contribution in [0.1, 0.15) is 41.0 Å². The number of rotatable bonds is 7. The Bertz CT molecular complexity index is 1170. The monoisotopic (exact) mass is 435 g/mol. The Hall–Kier alpha value is -3.46. The van der Waals surface area contributed by atoms with Gasteiger partial charge in [-0.15, -0.1) is 0 Å². The van der Waals surface area contributed by atoms with Gasteiger partial charge in [-0.25, -0.2) is 9.69 Å². The summed E-state index contributed by atoms with van der Waals surface area (Å²) in [6.45, 7) is 5.07. The average molecular weight is 435 g/mol. The van der Waals surface area contributed by atoms with Crippen molar-refractivity contribution in [2.45, 2.75) is 51.9 Å². The van der Waals surface area contributed by atoms with Gasteiger partial charge in [0.05, 0.1) is 30.7 Å². The number of aryl methyl sites for hydroxylation is 2. The molecule has 9 nitrogen and oxygen atoms in total. The lowest BCUT2D eigenvalue weighted by Crippen LogP contribution is -2.36. The smallest absolute Gasteiger partial charge is 0.332 e. The van der Waals surface area contributed by atoms with E-state index in [1.54, 1.807) is 29.1 Å². The summed E-state index contributed by atoms with van der Waals surface area (Å²) in [5.41, 5.74) is 3.49. The number of hydrogen-bond donors (Lipinski definition) is 0. The maximum absolute atomic E-state index is 13.4. The van der Waals surface area contributed by atoms with Gasteiger partial charge in [0.1, 0.15) is 11.3 Å². The van der Waals surface area contributed by atoms with Crippen LogP contribution in [0.25, 0.3) is 0 Å². The van der Waals surface area contributed by atoms with E-state index in [9.17, 15) is 9.59 Å². The molecule has 0 N–H and O–H groups in total. The zero-order valence-corrected chi connectivity index (χ0v) is 18.4. The van der Waals surface area contributed by atoms with E-state index in [4.69, 9.17) is 9.26 Å². The van der Waals surface area contributed by atoms with Crippen LogP contribution in [0.3, 0.4) is 0 Å². The Balaban J connectivity index is 1.38. The lowest BCUT2D eigenvalue weighted by atomic mass is 10.1. The molecule has 0 atom stereocenters. The SMILES string of the molecule is COCc1cccc(CN2C(=O)N(c3cnn(Cc4c(C)noc4C)c3)C(=O)C23CC3)c1. The van der Waals surface area contributed by atoms with Gasteiger partial charge >= 0.3 is 6.03 Å². The summed E-state index contributed by atoms with van der Waals surface area (Å²) in [7, 11) is 1.65. The maximum atomic E-state index is 13.4. The van der Waals surface area contributed by atoms with Crippen molar-refractivity contribution in [2.24, 2.45) is 0 Å². The molecule has 1 aromatic carbocycles. The molecule has 166 valence electrons. The van der Waals surface area contributed by atoms with Crippen LogP contribution in [0.15, 0.2) is 41.2 Å². The van der Waals surface area contributed by atoms with Gasteiger partial charge in [0.25, 0.3) is 5.91 Å². The molecule has 3 heterocycles. The molecule has 5 rings (SSSR count). The van der Waals surface area contributed by atoms with Crippen molar-refractivity contribution in [2.75, 3.05) is 12.0 Å². The maximum Gasteiger partial charge on any atom is 0.332 e. The highest BCUT2D eigenvalue weighted by atomic mass is 16.5. The second kappa shape index (κ2) is 7.59. The summed E-state index contributed by atoms with van der Waals surface area (Å²) in [6, 6.07) is 7.61. The number of carbonyl (C=O) groups is 2. The molecule has 0 unspecified atom stereocenters. The summed E-state index contributed by atoms with van der Waals surface area (Å²) in [4.78, 5) is 29.6. The molecule has 32 heavy (non-hydrogen) atoms. The summed E-state index contributed by atoms with van der Waals surface area (Å²) < 4.78 is 12.1. The van der Waals surface area contributed by atoms with Crippen LogP contribution in [0.2, 0.25) is 0 Å². The van der Waals surface area contributed by atoms with E-state index in [-0.39, 0.29) is 11.9 Å². The quantitative estimate of drug-likeness (QED) is 0.529. The first kappa shape index (κ1) is 20.4. The van der Waals surface area contributed by atoms with Crippen LogP contribution in [0, 0.1) is 13.8 Å². The standard InChI is InChI=1S/C23H25N5O4/c1-15-20(16(2)32-25-15)13-26-12-19(10-24-26)28-21(29)23(7-8-23)27(22(28)30)11-17-5-4-6-18(9-17)14-31-3/h4-6,9-10,12H,7-8,11,13-14H2,1-3H3. The molecule has 3 aromatic rings. The number of nitrogens with zero attached hydrogens (tertiary/aromatic N) is 5. The number of carbonyl (C=O) groups excluding carboxylic acids is 2. The minimum atomic E-state index is -0.738. The fourth-order valence-corrected chi connectivity index (χ4v) is 4.37. The van der Waals surface area contributed by atoms with Gasteiger partial charge in [-0.2, -0.15) is 5.10 Å². The molecule has 1 saturated heterocycles. The van der Waals surface area contributed by atoms with Gasteiger partial charge in [0.2, 0.25) is 0 Å². The highest BCUT2D eigenvalue weighted by molar-refractivity contribution is 6.24. The van der Waals surface area contributed by atoms with E-state index >= 15 is 0 Å². The number of methoxy groups -OCH3 is 1. The van der Waals surface area contributed by atoms with Crippen molar-refractivity contribution in [3.63, 3.8) is 0 Å². The Morgan fingerprint density at radius 1 is 1.16 bits per heavy atom. The van der Waals surface area contributed by atoms with E-state index < -0.39 is 5.54 Å². The van der Waals surface area contributed by atoms with Crippen LogP contribution in [-0.4, -0.2) is 44.4 Å². The molecule has 1 spiro atoms. The van der Waals surface area contributed by atoms with E-state index in [2.05, 4.69) is 10.3 Å². The third-order valence-electron chi connectivity index (χ3n) is 6.29. The molecule has 1 aliphatic carbocycles. The zero-order chi connectivity index (χ0) is 22.5. The minimum Gasteiger partial charge on any atom is -0.380 e. The molecule has 9 heteroatoms. The van der Waals surface area contributed by atoms with Crippen molar-refractivity contribution in [1.29, 1.82) is 0 Å². The van der Waals surface area contributed by atoms with Crippen molar-refractivity contribution in [3.05, 3.63) is 64.8 Å². The van der Waals surface area contributed by atoms with Crippen LogP contribution in [0.4, 0.5) is 10.5 Å². The van der Waals surface area contributed by atoms with Gasteiger partial charge in [0.15, 0.2) is 0 Å². The van der Waals surface area contributed by atoms with Crippen LogP contribution in [0.5, 0.6) is 0 Å². The van der Waals surface area contributed by atoms with E-state index in [1.807, 2.05) is 38.1 Å². The van der Waals surface area contributed by atoms with Crippen molar-refractivity contribution >= 4 is 17.6 Å². The minimum absolute atomic E-state index is 0.174. The first-order valence-electron chi connectivity index (χ1n) is 10.6. The summed E-state index contributed by atoms with van der Waals surface area (Å²) in [5, 5.41) is 8.33. The molecule has 2 aromatic heterocycles. The second-order valence-corrected chi connectivity index (χ2v) is 8.49. The van der Waals surface area contributed by atoms with Gasteiger partial charge in [-0.1, -0.05) is 29.4 Å². The summed E-state index contributed by atoms with van der Waals surface area (Å²) >= 11 is 0. The lowest BCUT2D eigenvalue weighted by Gasteiger charge is -2.21. The number of hydrogen-bond acceptors (Lipinski definition) is 6. The molecule has 1 aliphatic heterocycles. The van der Waals surface area contributed by atoms with Crippen LogP contribution >= 0.6 is 0 Å². The van der Waals surface area contributed by atoms with Crippen molar-refractivity contribution < 1.29 is 18.8 Å². The molecule has 0 radical (unpaired) electrons. The van der Waals surface area contributed by atoms with Gasteiger partial charge in [0, 0.05) is 25.4 Å². The van der Waals surface area contributed by atoms with Crippen LogP contribution in [-0.2, 0) is 29.2 Å². The number of benzene rings is 1. The largest absolute Gasteiger partial charge is 0.380 e. The molecule has 2 fully saturated rings. The molecule has 1 saturated carbocycles. The fourth-order valence-electron chi connectivity index (χ4n) is 4.37. The van der Waals surface area contributed by atoms with Gasteiger partial charge in [-0.3, -0.25) is 9.48 Å². The summed E-state index contributed by atoms with van der Waals surface area (Å²) in [6.07, 6.45) is 4.64. The van der Waals surface area contributed by atoms with Crippen molar-refractivity contribution in [1.82, 2.24) is 19.8 Å². The highest BCUT2D eigenvalue weighted by Gasteiger charge is 2.65. The third-order valence-corrected chi connectivity index (χ3v) is 6.29. The molecule has 3 amide bonds. The summed E-state index contributed by atoms with van der Waals surface area (Å²) in [5.74, 6) is 0.555. The first-order chi connectivity index (χ1) is 15.4. The first-order valence-corrected chi connectivity index (χ1v) is 10.6. The molecular weight excluding hydrogens is 410 g/mol. The molecule has 2 aliphatic rings. The predicted octanol–water partition coefficient (Wildman–Crippen LogP) is 3.18. The fraction of sp³-hybridized carbons (Fsp3) is 0.391. The van der Waals surface area contributed by atoms with E-state index in [1.165, 1.54) is 4.90 Å².